The van der Waals surface area contributed by atoms with Crippen LogP contribution in [0.2, 0.25) is 0 Å². The third-order valence-corrected chi connectivity index (χ3v) is 3.89. The molecule has 11 nitrogen and oxygen atoms in total. The highest BCUT2D eigenvalue weighted by atomic mass is 31.2. The van der Waals surface area contributed by atoms with Crippen LogP contribution in [0.1, 0.15) is 23.5 Å². The first kappa shape index (κ1) is 19.4. The number of hydrogen-bond donors (Lipinski definition) is 3. The molecule has 1 aromatic rings. The van der Waals surface area contributed by atoms with E-state index < -0.39 is 50.8 Å². The molecule has 0 spiro atoms. The number of aromatic nitrogens is 1. The molecule has 25 heavy (non-hydrogen) atoms. The van der Waals surface area contributed by atoms with E-state index in [-0.39, 0.29) is 5.56 Å². The third kappa shape index (κ3) is 5.05. The third-order valence-electron chi connectivity index (χ3n) is 3.42. The summed E-state index contributed by atoms with van der Waals surface area (Å²) in [6, 6.07) is 2.94. The van der Waals surface area contributed by atoms with Gasteiger partial charge >= 0.3 is 12.2 Å². The van der Waals surface area contributed by atoms with Gasteiger partial charge in [-0.3, -0.25) is 14.2 Å². The SMILES string of the molecule is CC(=O)OC1C(O)[C@@H](COP(=O)([O-])O)O[C@H]1[n+]1cccc(C(N)=O)c1. The highest BCUT2D eigenvalue weighted by Crippen LogP contribution is 2.34. The number of phosphoric ester groups is 1. The minimum atomic E-state index is -5.02. The maximum atomic E-state index is 11.3. The number of ether oxygens (including phenoxy) is 2. The number of primary amides is 1. The van der Waals surface area contributed by atoms with E-state index >= 15 is 0 Å². The van der Waals surface area contributed by atoms with Gasteiger partial charge in [-0.2, -0.15) is 4.57 Å². The number of pyridine rings is 1. The molecule has 1 aliphatic rings. The number of nitrogens with two attached hydrogens (primary N) is 1. The van der Waals surface area contributed by atoms with Gasteiger partial charge in [0.05, 0.1) is 6.61 Å². The van der Waals surface area contributed by atoms with Gasteiger partial charge in [0.15, 0.2) is 12.4 Å². The first-order chi connectivity index (χ1) is 11.6. The minimum absolute atomic E-state index is 0.140. The van der Waals surface area contributed by atoms with Gasteiger partial charge in [-0.05, 0) is 6.07 Å². The summed E-state index contributed by atoms with van der Waals surface area (Å²) in [5.74, 6) is -1.41. The molecule has 1 aromatic heterocycles. The fraction of sp³-hybridized carbons (Fsp3) is 0.462. The molecule has 1 amide bonds. The molecule has 5 atom stereocenters. The van der Waals surface area contributed by atoms with Crippen molar-refractivity contribution >= 4 is 19.7 Å². The number of phosphoric acid groups is 1. The molecule has 0 aliphatic carbocycles. The summed E-state index contributed by atoms with van der Waals surface area (Å²) in [6.45, 7) is 0.431. The van der Waals surface area contributed by atoms with Gasteiger partial charge in [-0.15, -0.1) is 0 Å². The molecule has 4 N–H and O–H groups in total. The summed E-state index contributed by atoms with van der Waals surface area (Å²) < 4.78 is 26.8. The van der Waals surface area contributed by atoms with Crippen molar-refractivity contribution in [1.82, 2.24) is 0 Å². The molecule has 0 radical (unpaired) electrons. The Kier molecular flexibility index (Phi) is 5.88. The summed E-state index contributed by atoms with van der Waals surface area (Å²) in [5.41, 5.74) is 5.35. The average molecular weight is 376 g/mol. The van der Waals surface area contributed by atoms with Crippen LogP contribution in [-0.4, -0.2) is 46.8 Å². The Morgan fingerprint density at radius 2 is 2.20 bits per heavy atom. The van der Waals surface area contributed by atoms with E-state index in [9.17, 15) is 24.2 Å². The Labute approximate surface area is 142 Å². The van der Waals surface area contributed by atoms with Crippen molar-refractivity contribution in [3.05, 3.63) is 30.1 Å². The smallest absolute Gasteiger partial charge is 0.303 e. The zero-order chi connectivity index (χ0) is 18.8. The maximum absolute atomic E-state index is 11.3. The Bertz CT molecular complexity index is 706. The Morgan fingerprint density at radius 3 is 2.76 bits per heavy atom. The average Bonchev–Trinajstić information content (AvgIpc) is 2.81. The second-order valence-corrected chi connectivity index (χ2v) is 6.49. The second kappa shape index (κ2) is 7.56. The lowest BCUT2D eigenvalue weighted by Gasteiger charge is -2.20. The highest BCUT2D eigenvalue weighted by molar-refractivity contribution is 7.44. The predicted molar refractivity (Wildman–Crippen MR) is 76.4 cm³/mol. The predicted octanol–water partition coefficient (Wildman–Crippen LogP) is -2.26. The molecule has 1 saturated heterocycles. The number of amides is 1. The summed E-state index contributed by atoms with van der Waals surface area (Å²) in [7, 11) is -5.02. The number of hydrogen-bond acceptors (Lipinski definition) is 8. The summed E-state index contributed by atoms with van der Waals surface area (Å²) in [5, 5.41) is 10.2. The summed E-state index contributed by atoms with van der Waals surface area (Å²) in [6.07, 6.45) is -2.13. The van der Waals surface area contributed by atoms with Crippen LogP contribution < -0.4 is 15.2 Å². The van der Waals surface area contributed by atoms with Gasteiger partial charge in [-0.25, -0.2) is 0 Å². The number of aliphatic hydroxyl groups is 1. The van der Waals surface area contributed by atoms with Crippen molar-refractivity contribution in [1.29, 1.82) is 0 Å². The monoisotopic (exact) mass is 376 g/mol. The second-order valence-electron chi connectivity index (χ2n) is 5.30. The van der Waals surface area contributed by atoms with E-state index in [2.05, 4.69) is 4.52 Å². The number of esters is 1. The van der Waals surface area contributed by atoms with Crippen LogP contribution in [0.25, 0.3) is 0 Å². The molecule has 0 aromatic carbocycles. The van der Waals surface area contributed by atoms with Crippen LogP contribution in [-0.2, 0) is 23.4 Å². The highest BCUT2D eigenvalue weighted by Gasteiger charge is 2.51. The Balaban J connectivity index is 2.27. The van der Waals surface area contributed by atoms with E-state index in [1.54, 1.807) is 0 Å². The Morgan fingerprint density at radius 1 is 1.52 bits per heavy atom. The van der Waals surface area contributed by atoms with Crippen molar-refractivity contribution in [2.75, 3.05) is 6.61 Å². The van der Waals surface area contributed by atoms with Crippen molar-refractivity contribution in [3.63, 3.8) is 0 Å². The van der Waals surface area contributed by atoms with Crippen molar-refractivity contribution in [2.24, 2.45) is 5.73 Å². The molecule has 138 valence electrons. The number of carbonyl (C=O) groups excluding carboxylic acids is 2. The van der Waals surface area contributed by atoms with E-state index in [0.29, 0.717) is 0 Å². The lowest BCUT2D eigenvalue weighted by molar-refractivity contribution is -0.765. The lowest BCUT2D eigenvalue weighted by Crippen LogP contribution is -2.48. The van der Waals surface area contributed by atoms with Gasteiger partial charge in [0, 0.05) is 13.0 Å². The van der Waals surface area contributed by atoms with Gasteiger partial charge in [0.2, 0.25) is 6.10 Å². The van der Waals surface area contributed by atoms with Crippen LogP contribution in [0.3, 0.4) is 0 Å². The summed E-state index contributed by atoms with van der Waals surface area (Å²) in [4.78, 5) is 41.9. The maximum Gasteiger partial charge on any atom is 0.303 e. The van der Waals surface area contributed by atoms with Gasteiger partial charge in [0.25, 0.3) is 13.7 Å². The van der Waals surface area contributed by atoms with Gasteiger partial charge in [-0.1, -0.05) is 0 Å². The zero-order valence-electron chi connectivity index (χ0n) is 13.0. The van der Waals surface area contributed by atoms with Crippen LogP contribution in [0.15, 0.2) is 24.5 Å². The molecule has 1 aliphatic heterocycles. The quantitative estimate of drug-likeness (QED) is 0.281. The van der Waals surface area contributed by atoms with Crippen LogP contribution in [0, 0.1) is 0 Å². The van der Waals surface area contributed by atoms with E-state index in [4.69, 9.17) is 20.1 Å². The molecular formula is C13H17N2O9P. The van der Waals surface area contributed by atoms with E-state index in [1.165, 1.54) is 29.1 Å². The van der Waals surface area contributed by atoms with E-state index in [1.807, 2.05) is 0 Å². The van der Waals surface area contributed by atoms with Crippen molar-refractivity contribution in [3.8, 4) is 0 Å². The number of rotatable bonds is 6. The normalized spacial score (nSPS) is 28.3. The van der Waals surface area contributed by atoms with E-state index in [0.717, 1.165) is 6.92 Å². The first-order valence-corrected chi connectivity index (χ1v) is 8.58. The Hall–Kier alpha value is -1.88. The van der Waals surface area contributed by atoms with Gasteiger partial charge < -0.3 is 34.6 Å². The molecule has 0 saturated carbocycles. The molecule has 2 heterocycles. The van der Waals surface area contributed by atoms with Crippen molar-refractivity contribution in [2.45, 2.75) is 31.5 Å². The van der Waals surface area contributed by atoms with Crippen LogP contribution in [0.4, 0.5) is 0 Å². The largest absolute Gasteiger partial charge is 0.756 e. The topological polar surface area (TPSA) is 172 Å². The number of nitrogens with zero attached hydrogens (tertiary/aromatic N) is 1. The molecule has 2 rings (SSSR count). The van der Waals surface area contributed by atoms with Crippen LogP contribution in [0.5, 0.6) is 0 Å². The fourth-order valence-electron chi connectivity index (χ4n) is 2.38. The fourth-order valence-corrected chi connectivity index (χ4v) is 2.71. The summed E-state index contributed by atoms with van der Waals surface area (Å²) >= 11 is 0. The first-order valence-electron chi connectivity index (χ1n) is 7.08. The van der Waals surface area contributed by atoms with Crippen molar-refractivity contribution < 1.29 is 47.6 Å². The lowest BCUT2D eigenvalue weighted by atomic mass is 10.1. The number of aliphatic hydroxyl groups excluding tert-OH is 1. The molecule has 1 fully saturated rings. The zero-order valence-corrected chi connectivity index (χ0v) is 13.9. The van der Waals surface area contributed by atoms with Gasteiger partial charge in [0.1, 0.15) is 17.8 Å². The van der Waals surface area contributed by atoms with Crippen LogP contribution >= 0.6 is 7.82 Å². The number of carbonyl (C=O) groups is 2. The molecule has 0 bridgehead atoms. The minimum Gasteiger partial charge on any atom is -0.756 e. The standard InChI is InChI=1S/C13H17N2O9P/c1-7(16)23-11-10(17)9(6-22-25(19,20)21)24-13(11)15-4-2-3-8(5-15)12(14)18/h2-5,9-11,13,17H,6H2,1H3,(H3-,14,18,19,20,21)/t9-,10?,11?,13-/m1/s1. The molecule has 12 heteroatoms. The molecule has 3 unspecified atom stereocenters. The molecular weight excluding hydrogens is 359 g/mol.